The first kappa shape index (κ1) is 6.62. The van der Waals surface area contributed by atoms with Crippen LogP contribution >= 0.6 is 0 Å². The molecule has 0 unspecified atom stereocenters. The van der Waals surface area contributed by atoms with E-state index in [0.717, 1.165) is 12.0 Å². The molecule has 1 heterocycles. The van der Waals surface area contributed by atoms with E-state index in [1.165, 1.54) is 0 Å². The highest BCUT2D eigenvalue weighted by Crippen LogP contribution is 2.17. The molecule has 2 rings (SSSR count). The van der Waals surface area contributed by atoms with E-state index in [9.17, 15) is 0 Å². The Morgan fingerprint density at radius 3 is 3.00 bits per heavy atom. The van der Waals surface area contributed by atoms with Crippen molar-refractivity contribution in [1.82, 2.24) is 4.90 Å². The highest BCUT2D eigenvalue weighted by molar-refractivity contribution is 5.14. The van der Waals surface area contributed by atoms with Gasteiger partial charge in [-0.2, -0.15) is 0 Å². The Labute approximate surface area is 91.0 Å². The van der Waals surface area contributed by atoms with Crippen molar-refractivity contribution in [2.24, 2.45) is 5.92 Å². The van der Waals surface area contributed by atoms with Crippen LogP contribution in [0.5, 0.6) is 0 Å². The van der Waals surface area contributed by atoms with E-state index in [-0.39, 0.29) is 5.92 Å². The molecule has 1 aliphatic heterocycles. The van der Waals surface area contributed by atoms with Gasteiger partial charge in [-0.05, 0) is 30.8 Å². The van der Waals surface area contributed by atoms with Gasteiger partial charge in [-0.15, -0.1) is 0 Å². The van der Waals surface area contributed by atoms with Gasteiger partial charge in [0.05, 0.1) is 0 Å². The summed E-state index contributed by atoms with van der Waals surface area (Å²) in [7, 11) is 0. The Morgan fingerprint density at radius 2 is 2.21 bits per heavy atom. The zero-order chi connectivity index (χ0) is 12.5. The summed E-state index contributed by atoms with van der Waals surface area (Å²) < 4.78 is 24.2. The maximum Gasteiger partial charge on any atom is 0.0433 e. The lowest BCUT2D eigenvalue weighted by molar-refractivity contribution is 0.176. The Morgan fingerprint density at radius 1 is 1.43 bits per heavy atom. The zero-order valence-corrected chi connectivity index (χ0v) is 8.61. The van der Waals surface area contributed by atoms with Gasteiger partial charge >= 0.3 is 0 Å². The van der Waals surface area contributed by atoms with Crippen LogP contribution in [-0.2, 0) is 6.54 Å². The second-order valence-electron chi connectivity index (χ2n) is 3.94. The number of likely N-dealkylation sites (tertiary alicyclic amines) is 1. The zero-order valence-electron chi connectivity index (χ0n) is 11.6. The summed E-state index contributed by atoms with van der Waals surface area (Å²) in [5.74, 6) is 0.238. The van der Waals surface area contributed by atoms with Crippen LogP contribution in [0.1, 0.15) is 29.4 Å². The van der Waals surface area contributed by atoms with E-state index < -0.39 is 13.0 Å². The molecule has 0 aliphatic carbocycles. The predicted molar refractivity (Wildman–Crippen MR) is 60.1 cm³/mol. The second-order valence-corrected chi connectivity index (χ2v) is 3.94. The molecule has 0 amide bonds. The molecular formula is C13H19N. The fourth-order valence-corrected chi connectivity index (χ4v) is 1.76. The summed E-state index contributed by atoms with van der Waals surface area (Å²) in [6.45, 7) is 0.755. The van der Waals surface area contributed by atoms with Crippen molar-refractivity contribution >= 4 is 0 Å². The second kappa shape index (κ2) is 4.61. The fraction of sp³-hybridized carbons (Fsp3) is 0.538. The monoisotopic (exact) mass is 192 g/mol. The van der Waals surface area contributed by atoms with Crippen LogP contribution in [0.4, 0.5) is 0 Å². The predicted octanol–water partition coefficient (Wildman–Crippen LogP) is 2.92. The minimum atomic E-state index is -1.35. The van der Waals surface area contributed by atoms with E-state index >= 15 is 0 Å². The minimum absolute atomic E-state index is 0.238. The molecule has 1 heteroatoms. The SMILES string of the molecule is [2H][C@@H]1[C@@H](C)CCC([2H])([2H])N1Cc1ccccc1. The van der Waals surface area contributed by atoms with E-state index in [1.54, 1.807) is 4.90 Å². The van der Waals surface area contributed by atoms with Crippen LogP contribution in [0, 0.1) is 5.92 Å². The quantitative estimate of drug-likeness (QED) is 0.696. The number of hydrogen-bond acceptors (Lipinski definition) is 1. The van der Waals surface area contributed by atoms with Gasteiger partial charge in [-0.3, -0.25) is 4.90 Å². The van der Waals surface area contributed by atoms with Gasteiger partial charge < -0.3 is 0 Å². The normalized spacial score (nSPS) is 35.6. The largest absolute Gasteiger partial charge is 0.299 e. The lowest BCUT2D eigenvalue weighted by Crippen LogP contribution is -2.33. The molecule has 2 atom stereocenters. The van der Waals surface area contributed by atoms with Crippen molar-refractivity contribution in [3.63, 3.8) is 0 Å². The number of piperidine rings is 1. The maximum atomic E-state index is 8.13. The highest BCUT2D eigenvalue weighted by Gasteiger charge is 2.15. The smallest absolute Gasteiger partial charge is 0.0433 e. The summed E-state index contributed by atoms with van der Waals surface area (Å²) in [6.07, 6.45) is 1.32. The topological polar surface area (TPSA) is 3.24 Å². The van der Waals surface area contributed by atoms with Crippen molar-refractivity contribution < 1.29 is 4.11 Å². The number of rotatable bonds is 2. The molecule has 1 nitrogen and oxygen atoms in total. The summed E-state index contributed by atoms with van der Waals surface area (Å²) in [4.78, 5) is 1.68. The summed E-state index contributed by atoms with van der Waals surface area (Å²) in [6, 6.07) is 9.84. The van der Waals surface area contributed by atoms with Gasteiger partial charge in [0.2, 0.25) is 0 Å². The maximum absolute atomic E-state index is 8.13. The highest BCUT2D eigenvalue weighted by atomic mass is 15.1. The van der Waals surface area contributed by atoms with Crippen LogP contribution in [0.2, 0.25) is 0 Å². The molecule has 0 saturated carbocycles. The molecular weight excluding hydrogens is 170 g/mol. The molecule has 14 heavy (non-hydrogen) atoms. The summed E-state index contributed by atoms with van der Waals surface area (Å²) >= 11 is 0. The molecule has 1 aliphatic rings. The Kier molecular flexibility index (Phi) is 2.18. The lowest BCUT2D eigenvalue weighted by Gasteiger charge is -2.30. The van der Waals surface area contributed by atoms with E-state index in [2.05, 4.69) is 0 Å². The van der Waals surface area contributed by atoms with Crippen molar-refractivity contribution in [2.75, 3.05) is 13.0 Å². The third-order valence-corrected chi connectivity index (χ3v) is 2.54. The van der Waals surface area contributed by atoms with Crippen molar-refractivity contribution in [2.45, 2.75) is 26.3 Å². The molecule has 1 saturated heterocycles. The average Bonchev–Trinajstić information content (AvgIpc) is 2.32. The number of benzene rings is 1. The van der Waals surface area contributed by atoms with Gasteiger partial charge in [-0.25, -0.2) is 0 Å². The summed E-state index contributed by atoms with van der Waals surface area (Å²) in [5.41, 5.74) is 1.07. The van der Waals surface area contributed by atoms with Crippen LogP contribution in [0.3, 0.4) is 0 Å². The van der Waals surface area contributed by atoms with Crippen molar-refractivity contribution in [3.05, 3.63) is 35.9 Å². The molecule has 1 aromatic rings. The van der Waals surface area contributed by atoms with Gasteiger partial charge in [0, 0.05) is 17.2 Å². The van der Waals surface area contributed by atoms with Crippen LogP contribution in [0.25, 0.3) is 0 Å². The number of hydrogen-bond donors (Lipinski definition) is 0. The molecule has 76 valence electrons. The van der Waals surface area contributed by atoms with Crippen molar-refractivity contribution in [3.8, 4) is 0 Å². The van der Waals surface area contributed by atoms with E-state index in [4.69, 9.17) is 4.11 Å². The Balaban J connectivity index is 2.16. The molecule has 1 fully saturated rings. The molecule has 0 spiro atoms. The first-order valence-corrected chi connectivity index (χ1v) is 5.23. The van der Waals surface area contributed by atoms with Gasteiger partial charge in [0.1, 0.15) is 0 Å². The average molecular weight is 192 g/mol. The van der Waals surface area contributed by atoms with Gasteiger partial charge in [0.25, 0.3) is 0 Å². The van der Waals surface area contributed by atoms with Crippen molar-refractivity contribution in [1.29, 1.82) is 0 Å². The van der Waals surface area contributed by atoms with Crippen LogP contribution in [-0.4, -0.2) is 17.9 Å². The first-order valence-electron chi connectivity index (χ1n) is 6.81. The number of nitrogens with zero attached hydrogens (tertiary/aromatic N) is 1. The van der Waals surface area contributed by atoms with Gasteiger partial charge in [0.15, 0.2) is 0 Å². The third-order valence-electron chi connectivity index (χ3n) is 2.54. The molecule has 1 aromatic carbocycles. The molecule has 0 aromatic heterocycles. The van der Waals surface area contributed by atoms with Crippen LogP contribution in [0.15, 0.2) is 30.3 Å². The molecule has 0 N–H and O–H groups in total. The summed E-state index contributed by atoms with van der Waals surface area (Å²) in [5, 5.41) is 0. The van der Waals surface area contributed by atoms with E-state index in [1.807, 2.05) is 37.3 Å². The Hall–Kier alpha value is -0.820. The first-order chi connectivity index (χ1) is 8.00. The fourth-order valence-electron chi connectivity index (χ4n) is 1.76. The third kappa shape index (κ3) is 2.58. The lowest BCUT2D eigenvalue weighted by atomic mass is 10.00. The molecule has 0 radical (unpaired) electrons. The van der Waals surface area contributed by atoms with E-state index in [0.29, 0.717) is 13.0 Å². The molecule has 0 bridgehead atoms. The van der Waals surface area contributed by atoms with Crippen LogP contribution < -0.4 is 0 Å². The van der Waals surface area contributed by atoms with Gasteiger partial charge in [-0.1, -0.05) is 37.3 Å². The minimum Gasteiger partial charge on any atom is -0.299 e. The standard InChI is InChI=1S/C13H19N/c1-12-6-5-9-14(10-12)11-13-7-3-2-4-8-13/h2-4,7-8,12H,5-6,9-11H2,1H3/t12-/m0/s1/i9D2,10D/t10-,12+/m1. The Bertz CT molecular complexity index is 366.